The summed E-state index contributed by atoms with van der Waals surface area (Å²) in [6.45, 7) is 0. The van der Waals surface area contributed by atoms with Gasteiger partial charge in [0.15, 0.2) is 5.43 Å². The van der Waals surface area contributed by atoms with Crippen molar-refractivity contribution in [2.75, 3.05) is 0 Å². The zero-order valence-corrected chi connectivity index (χ0v) is 9.61. The molecule has 3 rings (SSSR count). The molecule has 1 aromatic heterocycles. The molecule has 0 spiro atoms. The maximum absolute atomic E-state index is 12.3. The van der Waals surface area contributed by atoms with Crippen LogP contribution in [0.1, 0.15) is 0 Å². The quantitative estimate of drug-likeness (QED) is 0.604. The van der Waals surface area contributed by atoms with E-state index in [4.69, 9.17) is 11.6 Å². The fourth-order valence-corrected chi connectivity index (χ4v) is 2.19. The molecule has 0 fully saturated rings. The van der Waals surface area contributed by atoms with Gasteiger partial charge in [0, 0.05) is 16.2 Å². The summed E-state index contributed by atoms with van der Waals surface area (Å²) in [5.74, 6) is 0. The van der Waals surface area contributed by atoms with Crippen LogP contribution in [0.15, 0.2) is 53.3 Å². The van der Waals surface area contributed by atoms with E-state index in [1.54, 1.807) is 18.2 Å². The van der Waals surface area contributed by atoms with E-state index < -0.39 is 0 Å². The van der Waals surface area contributed by atoms with Gasteiger partial charge in [-0.3, -0.25) is 4.79 Å². The van der Waals surface area contributed by atoms with E-state index >= 15 is 0 Å². The standard InChI is InChI=1S/C14H8ClNO/c15-14-10-6-2-1-5-9(10)13(17)11-7-3-4-8-12(11)16-14/h1-8H. The van der Waals surface area contributed by atoms with Crippen LogP contribution in [0.2, 0.25) is 5.15 Å². The minimum absolute atomic E-state index is 0.0319. The monoisotopic (exact) mass is 241 g/mol. The summed E-state index contributed by atoms with van der Waals surface area (Å²) in [6, 6.07) is 14.5. The molecule has 3 aromatic rings. The van der Waals surface area contributed by atoms with E-state index in [1.165, 1.54) is 0 Å². The lowest BCUT2D eigenvalue weighted by Crippen LogP contribution is -1.97. The van der Waals surface area contributed by atoms with Gasteiger partial charge in [0.25, 0.3) is 0 Å². The molecular weight excluding hydrogens is 234 g/mol. The zero-order chi connectivity index (χ0) is 11.8. The largest absolute Gasteiger partial charge is 0.289 e. The van der Waals surface area contributed by atoms with Crippen molar-refractivity contribution in [2.24, 2.45) is 0 Å². The van der Waals surface area contributed by atoms with Crippen LogP contribution in [0, 0.1) is 0 Å². The average molecular weight is 242 g/mol. The molecule has 82 valence electrons. The van der Waals surface area contributed by atoms with E-state index in [-0.39, 0.29) is 5.43 Å². The Morgan fingerprint density at radius 3 is 2.18 bits per heavy atom. The summed E-state index contributed by atoms with van der Waals surface area (Å²) in [6.07, 6.45) is 0. The Morgan fingerprint density at radius 1 is 0.824 bits per heavy atom. The van der Waals surface area contributed by atoms with Crippen molar-refractivity contribution in [1.29, 1.82) is 0 Å². The minimum atomic E-state index is -0.0319. The first-order chi connectivity index (χ1) is 8.27. The van der Waals surface area contributed by atoms with Gasteiger partial charge < -0.3 is 0 Å². The zero-order valence-electron chi connectivity index (χ0n) is 8.85. The summed E-state index contributed by atoms with van der Waals surface area (Å²) >= 11 is 6.14. The number of benzene rings is 2. The van der Waals surface area contributed by atoms with Crippen LogP contribution < -0.4 is 5.43 Å². The summed E-state index contributed by atoms with van der Waals surface area (Å²) in [5, 5.41) is 2.25. The molecule has 0 aliphatic carbocycles. The molecule has 0 N–H and O–H groups in total. The van der Waals surface area contributed by atoms with Crippen LogP contribution in [-0.2, 0) is 0 Å². The molecule has 0 bridgehead atoms. The van der Waals surface area contributed by atoms with Gasteiger partial charge in [0.1, 0.15) is 5.15 Å². The topological polar surface area (TPSA) is 30.0 Å². The molecule has 17 heavy (non-hydrogen) atoms. The number of hydrogen-bond donors (Lipinski definition) is 0. The molecule has 0 amide bonds. The van der Waals surface area contributed by atoms with Gasteiger partial charge in [-0.1, -0.05) is 48.0 Å². The van der Waals surface area contributed by atoms with Crippen LogP contribution in [0.3, 0.4) is 0 Å². The highest BCUT2D eigenvalue weighted by Gasteiger charge is 2.05. The second kappa shape index (κ2) is 3.82. The predicted molar refractivity (Wildman–Crippen MR) is 70.5 cm³/mol. The van der Waals surface area contributed by atoms with Crippen LogP contribution in [-0.4, -0.2) is 4.98 Å². The molecular formula is C14H8ClNO. The fourth-order valence-electron chi connectivity index (χ4n) is 1.94. The second-order valence-electron chi connectivity index (χ2n) is 3.79. The van der Waals surface area contributed by atoms with E-state index in [0.717, 1.165) is 0 Å². The van der Waals surface area contributed by atoms with Crippen LogP contribution in [0.4, 0.5) is 0 Å². The SMILES string of the molecule is O=c1c2ccccc2nc(Cl)c2ccccc12. The van der Waals surface area contributed by atoms with E-state index in [0.29, 0.717) is 26.8 Å². The number of rotatable bonds is 0. The molecule has 0 saturated carbocycles. The fraction of sp³-hybridized carbons (Fsp3) is 0. The van der Waals surface area contributed by atoms with Gasteiger partial charge in [0.2, 0.25) is 0 Å². The number of nitrogens with zero attached hydrogens (tertiary/aromatic N) is 1. The Hall–Kier alpha value is -1.93. The lowest BCUT2D eigenvalue weighted by Gasteiger charge is -1.90. The number of aromatic nitrogens is 1. The van der Waals surface area contributed by atoms with Gasteiger partial charge in [-0.15, -0.1) is 0 Å². The number of hydrogen-bond acceptors (Lipinski definition) is 2. The van der Waals surface area contributed by atoms with Crippen molar-refractivity contribution < 1.29 is 0 Å². The number of para-hydroxylation sites is 1. The first-order valence-electron chi connectivity index (χ1n) is 5.25. The minimum Gasteiger partial charge on any atom is -0.289 e. The Morgan fingerprint density at radius 2 is 1.41 bits per heavy atom. The number of halogens is 1. The van der Waals surface area contributed by atoms with Crippen molar-refractivity contribution in [3.05, 3.63) is 63.9 Å². The summed E-state index contributed by atoms with van der Waals surface area (Å²) in [5.41, 5.74) is 0.592. The highest BCUT2D eigenvalue weighted by atomic mass is 35.5. The van der Waals surface area contributed by atoms with Gasteiger partial charge in [-0.05, 0) is 12.1 Å². The first-order valence-corrected chi connectivity index (χ1v) is 5.62. The van der Waals surface area contributed by atoms with E-state index in [1.807, 2.05) is 30.3 Å². The van der Waals surface area contributed by atoms with Crippen LogP contribution in [0.25, 0.3) is 21.7 Å². The molecule has 0 aliphatic heterocycles. The van der Waals surface area contributed by atoms with Crippen LogP contribution >= 0.6 is 11.6 Å². The Bertz CT molecular complexity index is 783. The van der Waals surface area contributed by atoms with Gasteiger partial charge in [-0.25, -0.2) is 4.98 Å². The van der Waals surface area contributed by atoms with Gasteiger partial charge in [-0.2, -0.15) is 0 Å². The molecule has 0 unspecified atom stereocenters. The maximum Gasteiger partial charge on any atom is 0.195 e. The average Bonchev–Trinajstić information content (AvgIpc) is 2.48. The van der Waals surface area contributed by atoms with Crippen LogP contribution in [0.5, 0.6) is 0 Å². The van der Waals surface area contributed by atoms with E-state index in [9.17, 15) is 4.79 Å². The lowest BCUT2D eigenvalue weighted by molar-refractivity contribution is 1.46. The van der Waals surface area contributed by atoms with Crippen molar-refractivity contribution in [1.82, 2.24) is 4.98 Å². The Balaban J connectivity index is 2.73. The highest BCUT2D eigenvalue weighted by Crippen LogP contribution is 2.20. The van der Waals surface area contributed by atoms with Gasteiger partial charge >= 0.3 is 0 Å². The third-order valence-electron chi connectivity index (χ3n) is 2.76. The highest BCUT2D eigenvalue weighted by molar-refractivity contribution is 6.34. The van der Waals surface area contributed by atoms with Gasteiger partial charge in [0.05, 0.1) is 5.52 Å². The number of fused-ring (bicyclic) bond motifs is 2. The molecule has 1 heterocycles. The molecule has 0 atom stereocenters. The van der Waals surface area contributed by atoms with Crippen molar-refractivity contribution in [3.8, 4) is 0 Å². The van der Waals surface area contributed by atoms with Crippen molar-refractivity contribution >= 4 is 33.3 Å². The smallest absolute Gasteiger partial charge is 0.195 e. The molecule has 2 aromatic carbocycles. The van der Waals surface area contributed by atoms with E-state index in [2.05, 4.69) is 4.98 Å². The predicted octanol–water partition coefficient (Wildman–Crippen LogP) is 3.40. The Kier molecular flexibility index (Phi) is 2.30. The maximum atomic E-state index is 12.3. The molecule has 2 nitrogen and oxygen atoms in total. The summed E-state index contributed by atoms with van der Waals surface area (Å²) in [7, 11) is 0. The molecule has 0 aliphatic rings. The second-order valence-corrected chi connectivity index (χ2v) is 4.15. The lowest BCUT2D eigenvalue weighted by atomic mass is 10.1. The third-order valence-corrected chi connectivity index (χ3v) is 3.05. The normalized spacial score (nSPS) is 10.9. The van der Waals surface area contributed by atoms with Crippen molar-refractivity contribution in [3.63, 3.8) is 0 Å². The molecule has 3 heteroatoms. The summed E-state index contributed by atoms with van der Waals surface area (Å²) in [4.78, 5) is 16.6. The molecule has 0 saturated heterocycles. The molecule has 0 radical (unpaired) electrons. The summed E-state index contributed by atoms with van der Waals surface area (Å²) < 4.78 is 0. The van der Waals surface area contributed by atoms with Crippen molar-refractivity contribution in [2.45, 2.75) is 0 Å². The Labute approximate surface area is 102 Å². The first kappa shape index (κ1) is 10.2. The third kappa shape index (κ3) is 1.58.